The Balaban J connectivity index is 2.46. The van der Waals surface area contributed by atoms with Gasteiger partial charge in [0.2, 0.25) is 0 Å². The molecular weight excluding hydrogens is 182 g/mol. The predicted molar refractivity (Wildman–Crippen MR) is 51.0 cm³/mol. The molecule has 0 spiro atoms. The van der Waals surface area contributed by atoms with E-state index in [1.54, 1.807) is 19.2 Å². The third-order valence-corrected chi connectivity index (χ3v) is 2.49. The maximum absolute atomic E-state index is 10.8. The molecule has 5 nitrogen and oxygen atoms in total. The van der Waals surface area contributed by atoms with Crippen LogP contribution in [0.4, 0.5) is 5.69 Å². The molecule has 74 valence electrons. The molecule has 0 unspecified atom stereocenters. The van der Waals surface area contributed by atoms with E-state index in [1.807, 2.05) is 0 Å². The van der Waals surface area contributed by atoms with Crippen molar-refractivity contribution in [3.05, 3.63) is 33.6 Å². The summed E-state index contributed by atoms with van der Waals surface area (Å²) in [7, 11) is 0. The molecule has 1 N–H and O–H groups in total. The standard InChI is InChI=1S/C9H11N3O2/c1-6-2-4-11-8(7-3-5-10-7)9(6)12(13)14/h2,4,7,10H,3,5H2,1H3/t7-/m0/s1. The van der Waals surface area contributed by atoms with E-state index >= 15 is 0 Å². The first-order chi connectivity index (χ1) is 6.70. The van der Waals surface area contributed by atoms with Crippen molar-refractivity contribution in [1.82, 2.24) is 10.3 Å². The summed E-state index contributed by atoms with van der Waals surface area (Å²) in [4.78, 5) is 14.6. The van der Waals surface area contributed by atoms with Crippen LogP contribution in [0.1, 0.15) is 23.7 Å². The third-order valence-electron chi connectivity index (χ3n) is 2.49. The monoisotopic (exact) mass is 193 g/mol. The van der Waals surface area contributed by atoms with Crippen LogP contribution in [-0.2, 0) is 0 Å². The highest BCUT2D eigenvalue weighted by molar-refractivity contribution is 5.44. The summed E-state index contributed by atoms with van der Waals surface area (Å²) < 4.78 is 0. The average Bonchev–Trinajstić information content (AvgIpc) is 1.99. The van der Waals surface area contributed by atoms with Crippen molar-refractivity contribution in [3.8, 4) is 0 Å². The van der Waals surface area contributed by atoms with Gasteiger partial charge in [-0.1, -0.05) is 0 Å². The van der Waals surface area contributed by atoms with Gasteiger partial charge in [-0.2, -0.15) is 0 Å². The van der Waals surface area contributed by atoms with Crippen molar-refractivity contribution in [3.63, 3.8) is 0 Å². The second-order valence-electron chi connectivity index (χ2n) is 3.41. The Kier molecular flexibility index (Phi) is 2.17. The zero-order valence-corrected chi connectivity index (χ0v) is 7.86. The number of nitro groups is 1. The van der Waals surface area contributed by atoms with Crippen LogP contribution in [0.3, 0.4) is 0 Å². The molecular formula is C9H11N3O2. The summed E-state index contributed by atoms with van der Waals surface area (Å²) in [5.41, 5.74) is 1.40. The van der Waals surface area contributed by atoms with Gasteiger partial charge < -0.3 is 5.32 Å². The summed E-state index contributed by atoms with van der Waals surface area (Å²) in [6.45, 7) is 2.65. The zero-order chi connectivity index (χ0) is 10.1. The van der Waals surface area contributed by atoms with Gasteiger partial charge >= 0.3 is 0 Å². The second-order valence-corrected chi connectivity index (χ2v) is 3.41. The Morgan fingerprint density at radius 1 is 1.71 bits per heavy atom. The van der Waals surface area contributed by atoms with Crippen molar-refractivity contribution in [2.45, 2.75) is 19.4 Å². The highest BCUT2D eigenvalue weighted by Crippen LogP contribution is 2.30. The Hall–Kier alpha value is -1.49. The van der Waals surface area contributed by atoms with Gasteiger partial charge in [-0.15, -0.1) is 0 Å². The van der Waals surface area contributed by atoms with Crippen molar-refractivity contribution in [1.29, 1.82) is 0 Å². The number of aromatic nitrogens is 1. The van der Waals surface area contributed by atoms with E-state index in [-0.39, 0.29) is 16.7 Å². The first-order valence-corrected chi connectivity index (χ1v) is 4.53. The van der Waals surface area contributed by atoms with Gasteiger partial charge in [0.25, 0.3) is 5.69 Å². The normalized spacial score (nSPS) is 20.2. The lowest BCUT2D eigenvalue weighted by atomic mass is 10.00. The van der Waals surface area contributed by atoms with Crippen molar-refractivity contribution < 1.29 is 4.92 Å². The van der Waals surface area contributed by atoms with E-state index in [9.17, 15) is 10.1 Å². The maximum Gasteiger partial charge on any atom is 0.295 e. The van der Waals surface area contributed by atoms with Gasteiger partial charge in [0.15, 0.2) is 0 Å². The molecule has 5 heteroatoms. The Labute approximate surface area is 81.3 Å². The van der Waals surface area contributed by atoms with E-state index in [4.69, 9.17) is 0 Å². The second kappa shape index (κ2) is 3.34. The lowest BCUT2D eigenvalue weighted by Crippen LogP contribution is -2.36. The number of aryl methyl sites for hydroxylation is 1. The summed E-state index contributed by atoms with van der Waals surface area (Å²) >= 11 is 0. The maximum atomic E-state index is 10.8. The average molecular weight is 193 g/mol. The highest BCUT2D eigenvalue weighted by atomic mass is 16.6. The molecule has 0 aliphatic carbocycles. The van der Waals surface area contributed by atoms with Crippen LogP contribution < -0.4 is 5.32 Å². The van der Waals surface area contributed by atoms with E-state index in [0.717, 1.165) is 13.0 Å². The Morgan fingerprint density at radius 3 is 2.93 bits per heavy atom. The van der Waals surface area contributed by atoms with Crippen LogP contribution >= 0.6 is 0 Å². The van der Waals surface area contributed by atoms with Crippen molar-refractivity contribution in [2.24, 2.45) is 0 Å². The van der Waals surface area contributed by atoms with Crippen molar-refractivity contribution in [2.75, 3.05) is 6.54 Å². The topological polar surface area (TPSA) is 68.1 Å². The largest absolute Gasteiger partial charge is 0.308 e. The number of nitrogens with zero attached hydrogens (tertiary/aromatic N) is 2. The predicted octanol–water partition coefficient (Wildman–Crippen LogP) is 1.33. The molecule has 14 heavy (non-hydrogen) atoms. The summed E-state index contributed by atoms with van der Waals surface area (Å²) in [5.74, 6) is 0. The molecule has 1 saturated heterocycles. The van der Waals surface area contributed by atoms with Crippen molar-refractivity contribution >= 4 is 5.69 Å². The molecule has 1 atom stereocenters. The highest BCUT2D eigenvalue weighted by Gasteiger charge is 2.29. The van der Waals surface area contributed by atoms with Crippen LogP contribution in [0, 0.1) is 17.0 Å². The van der Waals surface area contributed by atoms with Gasteiger partial charge in [-0.05, 0) is 26.0 Å². The first-order valence-electron chi connectivity index (χ1n) is 4.53. The summed E-state index contributed by atoms with van der Waals surface area (Å²) in [5, 5.41) is 13.9. The van der Waals surface area contributed by atoms with Gasteiger partial charge in [0, 0.05) is 11.8 Å². The van der Waals surface area contributed by atoms with Crippen LogP contribution in [0.5, 0.6) is 0 Å². The number of rotatable bonds is 2. The molecule has 0 amide bonds. The molecule has 1 aliphatic rings. The van der Waals surface area contributed by atoms with Crippen LogP contribution in [0.25, 0.3) is 0 Å². The molecule has 1 fully saturated rings. The lowest BCUT2D eigenvalue weighted by molar-refractivity contribution is -0.386. The minimum absolute atomic E-state index is 0.0651. The van der Waals surface area contributed by atoms with E-state index in [0.29, 0.717) is 11.3 Å². The third kappa shape index (κ3) is 1.35. The fraction of sp³-hybridized carbons (Fsp3) is 0.444. The van der Waals surface area contributed by atoms with Crippen LogP contribution in [-0.4, -0.2) is 16.5 Å². The quantitative estimate of drug-likeness (QED) is 0.568. The molecule has 0 aromatic carbocycles. The first kappa shape index (κ1) is 9.08. The fourth-order valence-corrected chi connectivity index (χ4v) is 1.59. The van der Waals surface area contributed by atoms with E-state index in [1.165, 1.54) is 0 Å². The molecule has 2 heterocycles. The minimum Gasteiger partial charge on any atom is -0.308 e. The van der Waals surface area contributed by atoms with Crippen LogP contribution in [0.15, 0.2) is 12.3 Å². The molecule has 0 bridgehead atoms. The van der Waals surface area contributed by atoms with Crippen LogP contribution in [0.2, 0.25) is 0 Å². The summed E-state index contributed by atoms with van der Waals surface area (Å²) in [6, 6.07) is 1.73. The van der Waals surface area contributed by atoms with Gasteiger partial charge in [-0.25, -0.2) is 0 Å². The summed E-state index contributed by atoms with van der Waals surface area (Å²) in [6.07, 6.45) is 2.55. The van der Waals surface area contributed by atoms with Gasteiger partial charge in [-0.3, -0.25) is 15.1 Å². The molecule has 1 aromatic rings. The molecule has 0 radical (unpaired) electrons. The molecule has 0 saturated carbocycles. The fourth-order valence-electron chi connectivity index (χ4n) is 1.59. The van der Waals surface area contributed by atoms with Gasteiger partial charge in [0.05, 0.1) is 11.0 Å². The Bertz CT molecular complexity index is 374. The van der Waals surface area contributed by atoms with E-state index < -0.39 is 0 Å². The number of nitrogens with one attached hydrogen (secondary N) is 1. The number of hydrogen-bond acceptors (Lipinski definition) is 4. The molecule has 1 aromatic heterocycles. The number of pyridine rings is 1. The SMILES string of the molecule is Cc1ccnc([C@@H]2CCN2)c1[N+](=O)[O-]. The molecule has 1 aliphatic heterocycles. The smallest absolute Gasteiger partial charge is 0.295 e. The van der Waals surface area contributed by atoms with E-state index in [2.05, 4.69) is 10.3 Å². The van der Waals surface area contributed by atoms with Gasteiger partial charge in [0.1, 0.15) is 5.69 Å². The number of hydrogen-bond donors (Lipinski definition) is 1. The lowest BCUT2D eigenvalue weighted by Gasteiger charge is -2.26. The Morgan fingerprint density at radius 2 is 2.43 bits per heavy atom. The zero-order valence-electron chi connectivity index (χ0n) is 7.86. The minimum atomic E-state index is -0.350. The molecule has 2 rings (SSSR count).